The lowest BCUT2D eigenvalue weighted by molar-refractivity contribution is 0.0643. The third-order valence-electron chi connectivity index (χ3n) is 3.58. The number of carbonyl (C=O) groups excluding carboxylic acids is 1. The molecule has 0 unspecified atom stereocenters. The molecule has 0 aliphatic carbocycles. The normalized spacial score (nSPS) is 16.5. The second kappa shape index (κ2) is 6.75. The number of hydrogen-bond acceptors (Lipinski definition) is 3. The Labute approximate surface area is 121 Å². The molecule has 1 heterocycles. The third-order valence-corrected chi connectivity index (χ3v) is 3.58. The first-order valence-electron chi connectivity index (χ1n) is 7.38. The maximum Gasteiger partial charge on any atom is 0.253 e. The summed E-state index contributed by atoms with van der Waals surface area (Å²) < 4.78 is 5.59. The molecule has 0 atom stereocenters. The van der Waals surface area contributed by atoms with Gasteiger partial charge in [-0.2, -0.15) is 0 Å². The van der Waals surface area contributed by atoms with E-state index in [0.717, 1.165) is 44.0 Å². The van der Waals surface area contributed by atoms with Crippen LogP contribution in [0.2, 0.25) is 0 Å². The van der Waals surface area contributed by atoms with Crippen molar-refractivity contribution < 1.29 is 9.53 Å². The number of rotatable bonds is 4. The fourth-order valence-electron chi connectivity index (χ4n) is 2.40. The van der Waals surface area contributed by atoms with Gasteiger partial charge in [0.05, 0.1) is 6.10 Å². The largest absolute Gasteiger partial charge is 0.491 e. The average Bonchev–Trinajstić information content (AvgIpc) is 2.47. The van der Waals surface area contributed by atoms with E-state index in [4.69, 9.17) is 4.74 Å². The van der Waals surface area contributed by atoms with E-state index in [0.29, 0.717) is 0 Å². The van der Waals surface area contributed by atoms with Gasteiger partial charge in [-0.1, -0.05) is 6.92 Å². The van der Waals surface area contributed by atoms with Crippen LogP contribution in [0.15, 0.2) is 24.3 Å². The zero-order chi connectivity index (χ0) is 14.5. The van der Waals surface area contributed by atoms with Crippen molar-refractivity contribution in [3.8, 4) is 5.75 Å². The number of piperazine rings is 1. The van der Waals surface area contributed by atoms with Crippen LogP contribution < -0.4 is 4.74 Å². The van der Waals surface area contributed by atoms with Crippen molar-refractivity contribution >= 4 is 5.91 Å². The molecule has 0 spiro atoms. The van der Waals surface area contributed by atoms with Gasteiger partial charge in [0.2, 0.25) is 0 Å². The molecule has 0 bridgehead atoms. The van der Waals surface area contributed by atoms with Gasteiger partial charge in [0.15, 0.2) is 0 Å². The van der Waals surface area contributed by atoms with Crippen molar-refractivity contribution in [2.24, 2.45) is 0 Å². The van der Waals surface area contributed by atoms with Gasteiger partial charge >= 0.3 is 0 Å². The molecule has 1 aliphatic rings. The smallest absolute Gasteiger partial charge is 0.253 e. The summed E-state index contributed by atoms with van der Waals surface area (Å²) in [5.74, 6) is 0.934. The molecule has 1 aromatic rings. The van der Waals surface area contributed by atoms with Crippen LogP contribution in [0.3, 0.4) is 0 Å². The van der Waals surface area contributed by atoms with Crippen molar-refractivity contribution in [2.75, 3.05) is 32.7 Å². The van der Waals surface area contributed by atoms with Crippen molar-refractivity contribution in [3.05, 3.63) is 29.8 Å². The van der Waals surface area contributed by atoms with Crippen LogP contribution in [0.25, 0.3) is 0 Å². The Morgan fingerprint density at radius 3 is 2.25 bits per heavy atom. The number of amides is 1. The molecule has 20 heavy (non-hydrogen) atoms. The van der Waals surface area contributed by atoms with Crippen LogP contribution in [0.5, 0.6) is 5.75 Å². The Bertz CT molecular complexity index is 434. The molecule has 0 radical (unpaired) electrons. The van der Waals surface area contributed by atoms with Crippen LogP contribution in [-0.2, 0) is 0 Å². The fourth-order valence-corrected chi connectivity index (χ4v) is 2.40. The molecule has 110 valence electrons. The van der Waals surface area contributed by atoms with Crippen molar-refractivity contribution in [2.45, 2.75) is 26.9 Å². The quantitative estimate of drug-likeness (QED) is 0.845. The molecule has 4 nitrogen and oxygen atoms in total. The van der Waals surface area contributed by atoms with E-state index in [1.807, 2.05) is 43.0 Å². The predicted molar refractivity (Wildman–Crippen MR) is 80.2 cm³/mol. The van der Waals surface area contributed by atoms with Gasteiger partial charge in [-0.05, 0) is 44.7 Å². The summed E-state index contributed by atoms with van der Waals surface area (Å²) in [5.41, 5.74) is 0.742. The maximum absolute atomic E-state index is 12.4. The number of carbonyl (C=O) groups is 1. The molecule has 1 fully saturated rings. The minimum atomic E-state index is 0.122. The van der Waals surface area contributed by atoms with Crippen LogP contribution in [0, 0.1) is 0 Å². The summed E-state index contributed by atoms with van der Waals surface area (Å²) in [6, 6.07) is 7.45. The molecule has 0 saturated carbocycles. The summed E-state index contributed by atoms with van der Waals surface area (Å²) in [6.45, 7) is 10.8. The Hall–Kier alpha value is -1.55. The van der Waals surface area contributed by atoms with Crippen molar-refractivity contribution in [1.82, 2.24) is 9.80 Å². The number of benzene rings is 1. The van der Waals surface area contributed by atoms with Gasteiger partial charge in [-0.15, -0.1) is 0 Å². The first-order valence-corrected chi connectivity index (χ1v) is 7.38. The highest BCUT2D eigenvalue weighted by Gasteiger charge is 2.21. The van der Waals surface area contributed by atoms with Crippen LogP contribution >= 0.6 is 0 Å². The molecule has 0 aromatic heterocycles. The predicted octanol–water partition coefficient (Wildman–Crippen LogP) is 2.25. The molecule has 0 N–H and O–H groups in total. The minimum absolute atomic E-state index is 0.122. The summed E-state index contributed by atoms with van der Waals surface area (Å²) >= 11 is 0. The third kappa shape index (κ3) is 3.73. The van der Waals surface area contributed by atoms with E-state index in [-0.39, 0.29) is 12.0 Å². The Kier molecular flexibility index (Phi) is 5.01. The van der Waals surface area contributed by atoms with E-state index in [2.05, 4.69) is 11.8 Å². The Morgan fingerprint density at radius 1 is 1.15 bits per heavy atom. The number of hydrogen-bond donors (Lipinski definition) is 0. The molecular weight excluding hydrogens is 252 g/mol. The van der Waals surface area contributed by atoms with Crippen LogP contribution in [0.4, 0.5) is 0 Å². The summed E-state index contributed by atoms with van der Waals surface area (Å²) in [6.07, 6.45) is 0.152. The highest BCUT2D eigenvalue weighted by molar-refractivity contribution is 5.94. The van der Waals surface area contributed by atoms with E-state index in [1.54, 1.807) is 0 Å². The zero-order valence-corrected chi connectivity index (χ0v) is 12.6. The van der Waals surface area contributed by atoms with E-state index >= 15 is 0 Å². The lowest BCUT2D eigenvalue weighted by Gasteiger charge is -2.34. The molecule has 1 aromatic carbocycles. The summed E-state index contributed by atoms with van der Waals surface area (Å²) in [7, 11) is 0. The van der Waals surface area contributed by atoms with Gasteiger partial charge in [-0.3, -0.25) is 4.79 Å². The first kappa shape index (κ1) is 14.9. The molecule has 1 aliphatic heterocycles. The highest BCUT2D eigenvalue weighted by atomic mass is 16.5. The van der Waals surface area contributed by atoms with Gasteiger partial charge in [0.25, 0.3) is 5.91 Å². The zero-order valence-electron chi connectivity index (χ0n) is 12.6. The SMILES string of the molecule is CCN1CCN(C(=O)c2ccc(OC(C)C)cc2)CC1. The molecule has 4 heteroatoms. The van der Waals surface area contributed by atoms with Gasteiger partial charge < -0.3 is 14.5 Å². The second-order valence-electron chi connectivity index (χ2n) is 5.42. The number of likely N-dealkylation sites (N-methyl/N-ethyl adjacent to an activating group) is 1. The topological polar surface area (TPSA) is 32.8 Å². The first-order chi connectivity index (χ1) is 9.60. The maximum atomic E-state index is 12.4. The monoisotopic (exact) mass is 276 g/mol. The standard InChI is InChI=1S/C16H24N2O2/c1-4-17-9-11-18(12-10-17)16(19)14-5-7-15(8-6-14)20-13(2)3/h5-8,13H,4,9-12H2,1-3H3. The van der Waals surface area contributed by atoms with Crippen molar-refractivity contribution in [1.29, 1.82) is 0 Å². The molecule has 1 saturated heterocycles. The fraction of sp³-hybridized carbons (Fsp3) is 0.562. The highest BCUT2D eigenvalue weighted by Crippen LogP contribution is 2.16. The second-order valence-corrected chi connectivity index (χ2v) is 5.42. The number of ether oxygens (including phenoxy) is 1. The van der Waals surface area contributed by atoms with Crippen LogP contribution in [0.1, 0.15) is 31.1 Å². The average molecular weight is 276 g/mol. The minimum Gasteiger partial charge on any atom is -0.491 e. The molecule has 2 rings (SSSR count). The summed E-state index contributed by atoms with van der Waals surface area (Å²) in [4.78, 5) is 16.7. The number of nitrogens with zero attached hydrogens (tertiary/aromatic N) is 2. The molecular formula is C16H24N2O2. The van der Waals surface area contributed by atoms with Gasteiger partial charge in [-0.25, -0.2) is 0 Å². The van der Waals surface area contributed by atoms with E-state index < -0.39 is 0 Å². The van der Waals surface area contributed by atoms with Gasteiger partial charge in [0.1, 0.15) is 5.75 Å². The lowest BCUT2D eigenvalue weighted by Crippen LogP contribution is -2.48. The lowest BCUT2D eigenvalue weighted by atomic mass is 10.1. The van der Waals surface area contributed by atoms with E-state index in [1.165, 1.54) is 0 Å². The van der Waals surface area contributed by atoms with Gasteiger partial charge in [0, 0.05) is 31.7 Å². The molecule has 1 amide bonds. The summed E-state index contributed by atoms with van der Waals surface area (Å²) in [5, 5.41) is 0. The Balaban J connectivity index is 1.95. The van der Waals surface area contributed by atoms with Crippen LogP contribution in [-0.4, -0.2) is 54.5 Å². The Morgan fingerprint density at radius 2 is 1.75 bits per heavy atom. The van der Waals surface area contributed by atoms with E-state index in [9.17, 15) is 4.79 Å². The van der Waals surface area contributed by atoms with Crippen molar-refractivity contribution in [3.63, 3.8) is 0 Å².